The molecule has 0 aliphatic carbocycles. The van der Waals surface area contributed by atoms with Crippen LogP contribution in [0.15, 0.2) is 30.3 Å². The van der Waals surface area contributed by atoms with Crippen LogP contribution in [0.3, 0.4) is 0 Å². The number of aryl methyl sites for hydroxylation is 1. The Labute approximate surface area is 153 Å². The van der Waals surface area contributed by atoms with Gasteiger partial charge in [-0.2, -0.15) is 0 Å². The lowest BCUT2D eigenvalue weighted by Gasteiger charge is -2.01. The number of hydrogen-bond donors (Lipinski definition) is 0. The first-order valence-electron chi connectivity index (χ1n) is 10.9. The van der Waals surface area contributed by atoms with Crippen LogP contribution in [0.25, 0.3) is 0 Å². The van der Waals surface area contributed by atoms with E-state index in [9.17, 15) is 0 Å². The minimum Gasteiger partial charge on any atom is -0.0654 e. The van der Waals surface area contributed by atoms with E-state index in [-0.39, 0.29) is 0 Å². The number of unbranched alkanes of at least 4 members (excludes halogenated alkanes) is 12. The van der Waals surface area contributed by atoms with Crippen LogP contribution in [0.5, 0.6) is 0 Å². The largest absolute Gasteiger partial charge is 0.0654 e. The molecule has 0 saturated heterocycles. The third-order valence-corrected chi connectivity index (χ3v) is 4.62. The molecule has 0 bridgehead atoms. The zero-order chi connectivity index (χ0) is 17.7. The fourth-order valence-corrected chi connectivity index (χ4v) is 2.96. The second-order valence-electron chi connectivity index (χ2n) is 7.12. The normalized spacial score (nSPS) is 10.3. The summed E-state index contributed by atoms with van der Waals surface area (Å²) in [5, 5.41) is 0. The second-order valence-corrected chi connectivity index (χ2v) is 7.12. The first kappa shape index (κ1) is 23.2. The Hall–Kier alpha value is -0.780. The van der Waals surface area contributed by atoms with Crippen LogP contribution in [-0.4, -0.2) is 0 Å². The topological polar surface area (TPSA) is 0 Å². The molecule has 0 fully saturated rings. The lowest BCUT2D eigenvalue weighted by molar-refractivity contribution is 0.585. The van der Waals surface area contributed by atoms with Gasteiger partial charge in [0.05, 0.1) is 0 Å². The Balaban J connectivity index is 0.000000470. The average molecular weight is 333 g/mol. The fourth-order valence-electron chi connectivity index (χ4n) is 2.96. The molecule has 24 heavy (non-hydrogen) atoms. The van der Waals surface area contributed by atoms with Gasteiger partial charge in [-0.1, -0.05) is 135 Å². The van der Waals surface area contributed by atoms with Gasteiger partial charge in [-0.15, -0.1) is 0 Å². The van der Waals surface area contributed by atoms with E-state index in [2.05, 4.69) is 51.1 Å². The highest BCUT2D eigenvalue weighted by molar-refractivity contribution is 5.14. The van der Waals surface area contributed by atoms with Crippen molar-refractivity contribution in [2.75, 3.05) is 0 Å². The highest BCUT2D eigenvalue weighted by Gasteiger charge is 1.92. The van der Waals surface area contributed by atoms with Crippen LogP contribution in [-0.2, 0) is 6.42 Å². The maximum Gasteiger partial charge on any atom is -0.0279 e. The quantitative estimate of drug-likeness (QED) is 0.299. The zero-order valence-corrected chi connectivity index (χ0v) is 17.0. The Morgan fingerprint density at radius 1 is 0.458 bits per heavy atom. The molecule has 1 aromatic rings. The number of hydrogen-bond acceptors (Lipinski definition) is 0. The van der Waals surface area contributed by atoms with Crippen LogP contribution in [0.1, 0.15) is 116 Å². The molecule has 0 N–H and O–H groups in total. The summed E-state index contributed by atoms with van der Waals surface area (Å²) in [5.41, 5.74) is 1.49. The monoisotopic (exact) mass is 332 g/mol. The van der Waals surface area contributed by atoms with Crippen molar-refractivity contribution in [1.82, 2.24) is 0 Å². The first-order valence-corrected chi connectivity index (χ1v) is 10.9. The maximum atomic E-state index is 2.27. The van der Waals surface area contributed by atoms with Crippen molar-refractivity contribution < 1.29 is 0 Å². The minimum absolute atomic E-state index is 1.26. The van der Waals surface area contributed by atoms with Gasteiger partial charge in [0.25, 0.3) is 0 Å². The Bertz CT molecular complexity index is 306. The van der Waals surface area contributed by atoms with Crippen LogP contribution in [0.2, 0.25) is 0 Å². The molecular formula is C24H44. The van der Waals surface area contributed by atoms with Gasteiger partial charge in [-0.05, 0) is 18.4 Å². The SMILES string of the molecule is CCCCCCCCCC.CCCCCCCCc1ccccc1. The first-order chi connectivity index (χ1) is 11.8. The van der Waals surface area contributed by atoms with E-state index in [4.69, 9.17) is 0 Å². The standard InChI is InChI=1S/C14H22.C10H22/c1-2-3-4-5-6-8-11-14-12-9-7-10-13-14;1-3-5-7-9-10-8-6-4-2/h7,9-10,12-13H,2-6,8,11H2,1H3;3-10H2,1-2H3. The average Bonchev–Trinajstić information content (AvgIpc) is 2.62. The molecule has 0 aromatic heterocycles. The third-order valence-electron chi connectivity index (χ3n) is 4.62. The number of benzene rings is 1. The van der Waals surface area contributed by atoms with Gasteiger partial charge < -0.3 is 0 Å². The van der Waals surface area contributed by atoms with Crippen LogP contribution in [0, 0.1) is 0 Å². The minimum atomic E-state index is 1.26. The molecule has 0 amide bonds. The van der Waals surface area contributed by atoms with Gasteiger partial charge in [0.2, 0.25) is 0 Å². The molecular weight excluding hydrogens is 288 g/mol. The molecule has 0 unspecified atom stereocenters. The van der Waals surface area contributed by atoms with Crippen molar-refractivity contribution in [3.8, 4) is 0 Å². The molecule has 0 aliphatic rings. The van der Waals surface area contributed by atoms with E-state index < -0.39 is 0 Å². The van der Waals surface area contributed by atoms with E-state index in [1.54, 1.807) is 0 Å². The Kier molecular flexibility index (Phi) is 19.6. The Morgan fingerprint density at radius 2 is 0.833 bits per heavy atom. The third kappa shape index (κ3) is 17.6. The Morgan fingerprint density at radius 3 is 1.25 bits per heavy atom. The van der Waals surface area contributed by atoms with E-state index >= 15 is 0 Å². The lowest BCUT2D eigenvalue weighted by atomic mass is 10.1. The summed E-state index contributed by atoms with van der Waals surface area (Å²) < 4.78 is 0. The molecule has 0 radical (unpaired) electrons. The van der Waals surface area contributed by atoms with Gasteiger partial charge in [0.15, 0.2) is 0 Å². The summed E-state index contributed by atoms with van der Waals surface area (Å²) in [4.78, 5) is 0. The number of rotatable bonds is 14. The maximum absolute atomic E-state index is 2.27. The van der Waals surface area contributed by atoms with Crippen LogP contribution >= 0.6 is 0 Å². The van der Waals surface area contributed by atoms with E-state index in [0.29, 0.717) is 0 Å². The molecule has 1 rings (SSSR count). The summed E-state index contributed by atoms with van der Waals surface area (Å²) >= 11 is 0. The summed E-state index contributed by atoms with van der Waals surface area (Å²) in [7, 11) is 0. The molecule has 0 atom stereocenters. The highest BCUT2D eigenvalue weighted by Crippen LogP contribution is 2.09. The zero-order valence-electron chi connectivity index (χ0n) is 17.0. The van der Waals surface area contributed by atoms with Gasteiger partial charge in [-0.25, -0.2) is 0 Å². The molecule has 0 heteroatoms. The summed E-state index contributed by atoms with van der Waals surface area (Å²) in [5.74, 6) is 0. The van der Waals surface area contributed by atoms with Crippen molar-refractivity contribution in [1.29, 1.82) is 0 Å². The molecule has 0 saturated carbocycles. The van der Waals surface area contributed by atoms with Gasteiger partial charge >= 0.3 is 0 Å². The van der Waals surface area contributed by atoms with Crippen molar-refractivity contribution in [3.05, 3.63) is 35.9 Å². The van der Waals surface area contributed by atoms with Gasteiger partial charge in [0.1, 0.15) is 0 Å². The predicted octanol–water partition coefficient (Wildman–Crippen LogP) is 8.74. The van der Waals surface area contributed by atoms with Crippen molar-refractivity contribution in [3.63, 3.8) is 0 Å². The van der Waals surface area contributed by atoms with Crippen LogP contribution in [0.4, 0.5) is 0 Å². The summed E-state index contributed by atoms with van der Waals surface area (Å²) in [6, 6.07) is 10.8. The molecule has 0 aliphatic heterocycles. The second kappa shape index (κ2) is 20.3. The van der Waals surface area contributed by atoms with Crippen molar-refractivity contribution in [2.24, 2.45) is 0 Å². The van der Waals surface area contributed by atoms with E-state index in [1.807, 2.05) is 0 Å². The van der Waals surface area contributed by atoms with Gasteiger partial charge in [0, 0.05) is 0 Å². The van der Waals surface area contributed by atoms with Crippen molar-refractivity contribution >= 4 is 0 Å². The predicted molar refractivity (Wildman–Crippen MR) is 112 cm³/mol. The smallest absolute Gasteiger partial charge is 0.0279 e. The molecule has 1 aromatic carbocycles. The van der Waals surface area contributed by atoms with Crippen LogP contribution < -0.4 is 0 Å². The molecule has 0 nitrogen and oxygen atoms in total. The molecule has 0 spiro atoms. The highest BCUT2D eigenvalue weighted by atomic mass is 14.0. The fraction of sp³-hybridized carbons (Fsp3) is 0.750. The molecule has 140 valence electrons. The van der Waals surface area contributed by atoms with E-state index in [0.717, 1.165) is 0 Å². The molecule has 0 heterocycles. The van der Waals surface area contributed by atoms with Gasteiger partial charge in [-0.3, -0.25) is 0 Å². The van der Waals surface area contributed by atoms with E-state index in [1.165, 1.54) is 102 Å². The summed E-state index contributed by atoms with van der Waals surface area (Å²) in [6.45, 7) is 6.81. The lowest BCUT2D eigenvalue weighted by Crippen LogP contribution is -1.85. The summed E-state index contributed by atoms with van der Waals surface area (Å²) in [6.07, 6.45) is 21.1. The van der Waals surface area contributed by atoms with Crippen molar-refractivity contribution in [2.45, 2.75) is 117 Å².